The molecule has 2 heterocycles. The van der Waals surface area contributed by atoms with Crippen LogP contribution in [0.5, 0.6) is 0 Å². The molecule has 6 nitrogen and oxygen atoms in total. The topological polar surface area (TPSA) is 60.6 Å². The number of nitrogens with one attached hydrogen (secondary N) is 1. The summed E-state index contributed by atoms with van der Waals surface area (Å²) in [6.45, 7) is 3.57. The minimum Gasteiger partial charge on any atom is -0.338 e. The second kappa shape index (κ2) is 5.09. The van der Waals surface area contributed by atoms with Crippen LogP contribution in [-0.4, -0.2) is 30.9 Å². The van der Waals surface area contributed by atoms with Gasteiger partial charge in [0.1, 0.15) is 17.5 Å². The third kappa shape index (κ3) is 2.71. The van der Waals surface area contributed by atoms with Crippen LogP contribution in [0.2, 0.25) is 0 Å². The third-order valence-electron chi connectivity index (χ3n) is 2.91. The zero-order valence-corrected chi connectivity index (χ0v) is 10.5. The van der Waals surface area contributed by atoms with E-state index >= 15 is 0 Å². The molecule has 0 saturated carbocycles. The molecule has 0 atom stereocenters. The Labute approximate surface area is 101 Å². The number of rotatable bonds is 5. The van der Waals surface area contributed by atoms with Crippen molar-refractivity contribution in [3.05, 3.63) is 29.9 Å². The van der Waals surface area contributed by atoms with Crippen LogP contribution in [0.3, 0.4) is 0 Å². The highest BCUT2D eigenvalue weighted by Gasteiger charge is 2.04. The Morgan fingerprint density at radius 3 is 2.65 bits per heavy atom. The predicted octanol–water partition coefficient (Wildman–Crippen LogP) is 0.189. The van der Waals surface area contributed by atoms with Crippen molar-refractivity contribution in [2.45, 2.75) is 19.9 Å². The summed E-state index contributed by atoms with van der Waals surface area (Å²) in [5.41, 5.74) is 0. The summed E-state index contributed by atoms with van der Waals surface area (Å²) in [6, 6.07) is 0. The lowest BCUT2D eigenvalue weighted by atomic mass is 10.4. The molecule has 0 spiro atoms. The van der Waals surface area contributed by atoms with Crippen molar-refractivity contribution in [2.24, 2.45) is 14.1 Å². The van der Waals surface area contributed by atoms with Crippen LogP contribution in [-0.2, 0) is 27.1 Å². The van der Waals surface area contributed by atoms with Crippen molar-refractivity contribution in [1.29, 1.82) is 0 Å². The molecule has 0 amide bonds. The summed E-state index contributed by atoms with van der Waals surface area (Å²) in [6.07, 6.45) is 4.70. The average molecular weight is 234 g/mol. The summed E-state index contributed by atoms with van der Waals surface area (Å²) < 4.78 is 4.03. The monoisotopic (exact) mass is 234 g/mol. The first-order chi connectivity index (χ1) is 8.18. The lowest BCUT2D eigenvalue weighted by Gasteiger charge is -2.05. The molecule has 1 N–H and O–H groups in total. The summed E-state index contributed by atoms with van der Waals surface area (Å²) >= 11 is 0. The van der Waals surface area contributed by atoms with Crippen LogP contribution in [0.4, 0.5) is 0 Å². The smallest absolute Gasteiger partial charge is 0.146 e. The maximum Gasteiger partial charge on any atom is 0.146 e. The Morgan fingerprint density at radius 2 is 2.06 bits per heavy atom. The summed E-state index contributed by atoms with van der Waals surface area (Å²) in [4.78, 5) is 4.27. The maximum absolute atomic E-state index is 4.27. The van der Waals surface area contributed by atoms with E-state index < -0.39 is 0 Å². The van der Waals surface area contributed by atoms with Crippen molar-refractivity contribution < 1.29 is 0 Å². The molecule has 0 aromatic carbocycles. The molecule has 2 rings (SSSR count). The first-order valence-corrected chi connectivity index (χ1v) is 5.70. The quantitative estimate of drug-likeness (QED) is 0.750. The van der Waals surface area contributed by atoms with E-state index in [1.54, 1.807) is 0 Å². The van der Waals surface area contributed by atoms with Gasteiger partial charge in [-0.25, -0.2) is 4.98 Å². The zero-order chi connectivity index (χ0) is 12.3. The summed E-state index contributed by atoms with van der Waals surface area (Å²) in [5, 5.41) is 11.5. The van der Waals surface area contributed by atoms with Crippen LogP contribution in [0.15, 0.2) is 12.4 Å². The van der Waals surface area contributed by atoms with Gasteiger partial charge in [-0.05, 0) is 6.92 Å². The van der Waals surface area contributed by atoms with Crippen LogP contribution >= 0.6 is 0 Å². The molecule has 0 aliphatic heterocycles. The molecular weight excluding hydrogens is 216 g/mol. The number of imidazole rings is 1. The van der Waals surface area contributed by atoms with Gasteiger partial charge in [-0.15, -0.1) is 10.2 Å². The Balaban J connectivity index is 1.77. The van der Waals surface area contributed by atoms with E-state index in [9.17, 15) is 0 Å². The second-order valence-electron chi connectivity index (χ2n) is 4.10. The summed E-state index contributed by atoms with van der Waals surface area (Å²) in [7, 11) is 3.99. The minimum absolute atomic E-state index is 0.738. The van der Waals surface area contributed by atoms with Gasteiger partial charge in [-0.3, -0.25) is 0 Å². The highest BCUT2D eigenvalue weighted by Crippen LogP contribution is 1.97. The highest BCUT2D eigenvalue weighted by molar-refractivity contribution is 4.93. The molecule has 17 heavy (non-hydrogen) atoms. The predicted molar refractivity (Wildman–Crippen MR) is 64.4 cm³/mol. The molecule has 0 saturated heterocycles. The number of hydrogen-bond acceptors (Lipinski definition) is 4. The van der Waals surface area contributed by atoms with E-state index in [-0.39, 0.29) is 0 Å². The van der Waals surface area contributed by atoms with Crippen molar-refractivity contribution in [3.63, 3.8) is 0 Å². The van der Waals surface area contributed by atoms with Gasteiger partial charge >= 0.3 is 0 Å². The molecular formula is C11H18N6. The van der Waals surface area contributed by atoms with Gasteiger partial charge in [0.05, 0.1) is 6.54 Å². The van der Waals surface area contributed by atoms with E-state index in [2.05, 4.69) is 20.5 Å². The SMILES string of the molecule is Cc1nnc(CNCCc2nccn2C)n1C. The Bertz CT molecular complexity index is 484. The molecule has 92 valence electrons. The molecule has 0 aliphatic rings. The van der Waals surface area contributed by atoms with Crippen molar-refractivity contribution in [2.75, 3.05) is 6.54 Å². The van der Waals surface area contributed by atoms with E-state index in [1.807, 2.05) is 42.5 Å². The number of nitrogens with zero attached hydrogens (tertiary/aromatic N) is 5. The van der Waals surface area contributed by atoms with Crippen molar-refractivity contribution >= 4 is 0 Å². The van der Waals surface area contributed by atoms with Crippen molar-refractivity contribution in [1.82, 2.24) is 29.6 Å². The lowest BCUT2D eigenvalue weighted by Crippen LogP contribution is -2.20. The van der Waals surface area contributed by atoms with Gasteiger partial charge in [0.15, 0.2) is 0 Å². The van der Waals surface area contributed by atoms with E-state index in [4.69, 9.17) is 0 Å². The lowest BCUT2D eigenvalue weighted by molar-refractivity contribution is 0.616. The minimum atomic E-state index is 0.738. The molecule has 0 bridgehead atoms. The first-order valence-electron chi connectivity index (χ1n) is 5.70. The molecule has 0 fully saturated rings. The fourth-order valence-corrected chi connectivity index (χ4v) is 1.64. The molecule has 0 unspecified atom stereocenters. The zero-order valence-electron chi connectivity index (χ0n) is 10.5. The van der Waals surface area contributed by atoms with Crippen LogP contribution < -0.4 is 5.32 Å². The van der Waals surface area contributed by atoms with Crippen LogP contribution in [0, 0.1) is 6.92 Å². The normalized spacial score (nSPS) is 11.0. The fourth-order valence-electron chi connectivity index (χ4n) is 1.64. The first kappa shape index (κ1) is 11.8. The second-order valence-corrected chi connectivity index (χ2v) is 4.10. The fraction of sp³-hybridized carbons (Fsp3) is 0.545. The van der Waals surface area contributed by atoms with Gasteiger partial charge in [-0.2, -0.15) is 0 Å². The van der Waals surface area contributed by atoms with E-state index in [0.717, 1.165) is 37.0 Å². The van der Waals surface area contributed by atoms with Crippen LogP contribution in [0.1, 0.15) is 17.5 Å². The van der Waals surface area contributed by atoms with Gasteiger partial charge in [0, 0.05) is 39.5 Å². The number of aromatic nitrogens is 5. The molecule has 2 aromatic heterocycles. The number of aryl methyl sites for hydroxylation is 2. The highest BCUT2D eigenvalue weighted by atomic mass is 15.3. The third-order valence-corrected chi connectivity index (χ3v) is 2.91. The Morgan fingerprint density at radius 1 is 1.24 bits per heavy atom. The molecule has 2 aromatic rings. The largest absolute Gasteiger partial charge is 0.338 e. The number of hydrogen-bond donors (Lipinski definition) is 1. The van der Waals surface area contributed by atoms with E-state index in [0.29, 0.717) is 0 Å². The Kier molecular flexibility index (Phi) is 3.53. The molecule has 0 radical (unpaired) electrons. The van der Waals surface area contributed by atoms with Gasteiger partial charge in [0.25, 0.3) is 0 Å². The van der Waals surface area contributed by atoms with Gasteiger partial charge < -0.3 is 14.5 Å². The molecule has 6 heteroatoms. The maximum atomic E-state index is 4.27. The van der Waals surface area contributed by atoms with E-state index in [1.165, 1.54) is 0 Å². The summed E-state index contributed by atoms with van der Waals surface area (Å²) in [5.74, 6) is 2.99. The van der Waals surface area contributed by atoms with Crippen LogP contribution in [0.25, 0.3) is 0 Å². The van der Waals surface area contributed by atoms with Crippen molar-refractivity contribution in [3.8, 4) is 0 Å². The van der Waals surface area contributed by atoms with Gasteiger partial charge in [-0.1, -0.05) is 0 Å². The average Bonchev–Trinajstić information content (AvgIpc) is 2.85. The standard InChI is InChI=1S/C11H18N6/c1-9-14-15-11(17(9)3)8-12-5-4-10-13-6-7-16(10)2/h6-7,12H,4-5,8H2,1-3H3. The molecule has 0 aliphatic carbocycles. The Hall–Kier alpha value is -1.69. The van der Waals surface area contributed by atoms with Gasteiger partial charge in [0.2, 0.25) is 0 Å².